The second-order valence-electron chi connectivity index (χ2n) is 6.04. The summed E-state index contributed by atoms with van der Waals surface area (Å²) in [5, 5.41) is 0. The van der Waals surface area contributed by atoms with E-state index in [1.165, 1.54) is 7.11 Å². The summed E-state index contributed by atoms with van der Waals surface area (Å²) in [7, 11) is 1.30. The summed E-state index contributed by atoms with van der Waals surface area (Å²) >= 11 is 0. The monoisotopic (exact) mass is 320 g/mol. The lowest BCUT2D eigenvalue weighted by Crippen LogP contribution is -2.44. The fourth-order valence-corrected chi connectivity index (χ4v) is 3.03. The van der Waals surface area contributed by atoms with Gasteiger partial charge >= 0.3 is 5.97 Å². The molecule has 1 aromatic rings. The Hall–Kier alpha value is -2.11. The smallest absolute Gasteiger partial charge is 0.354 e. The van der Waals surface area contributed by atoms with Gasteiger partial charge in [0, 0.05) is 23.7 Å². The number of carbonyl (C=O) groups excluding carboxylic acids is 3. The van der Waals surface area contributed by atoms with Gasteiger partial charge in [0.25, 0.3) is 0 Å². The Kier molecular flexibility index (Phi) is 4.92. The molecule has 0 aromatic carbocycles. The van der Waals surface area contributed by atoms with Crippen LogP contribution in [0.4, 0.5) is 0 Å². The Labute approximate surface area is 136 Å². The van der Waals surface area contributed by atoms with Gasteiger partial charge in [-0.2, -0.15) is 0 Å². The largest absolute Gasteiger partial charge is 0.464 e. The molecule has 6 nitrogen and oxygen atoms in total. The number of H-pyrrole nitrogens is 1. The van der Waals surface area contributed by atoms with Crippen molar-refractivity contribution in [2.24, 2.45) is 0 Å². The molecule has 0 radical (unpaired) electrons. The molecule has 1 saturated carbocycles. The zero-order chi connectivity index (χ0) is 17.3. The summed E-state index contributed by atoms with van der Waals surface area (Å²) in [6.07, 6.45) is 2.27. The number of carbonyl (C=O) groups is 3. The highest BCUT2D eigenvalue weighted by Gasteiger charge is 2.39. The van der Waals surface area contributed by atoms with Crippen LogP contribution < -0.4 is 0 Å². The normalized spacial score (nSPS) is 15.2. The van der Waals surface area contributed by atoms with Crippen molar-refractivity contribution in [2.75, 3.05) is 7.11 Å². The molecule has 1 aliphatic rings. The molecule has 1 aromatic heterocycles. The molecule has 1 heterocycles. The number of Topliss-reactive ketones (excluding diaryl/α,β-unsaturated/α-hetero) is 1. The fourth-order valence-electron chi connectivity index (χ4n) is 3.03. The number of aromatic nitrogens is 1. The number of esters is 1. The van der Waals surface area contributed by atoms with E-state index in [2.05, 4.69) is 4.98 Å². The Morgan fingerprint density at radius 2 is 1.91 bits per heavy atom. The van der Waals surface area contributed by atoms with Crippen LogP contribution in [0.3, 0.4) is 0 Å². The van der Waals surface area contributed by atoms with E-state index < -0.39 is 12.0 Å². The first kappa shape index (κ1) is 17.2. The molecule has 6 heteroatoms. The van der Waals surface area contributed by atoms with Crippen LogP contribution in [-0.4, -0.2) is 46.7 Å². The predicted molar refractivity (Wildman–Crippen MR) is 85.6 cm³/mol. The van der Waals surface area contributed by atoms with Gasteiger partial charge in [-0.05, 0) is 39.2 Å². The van der Waals surface area contributed by atoms with Crippen molar-refractivity contribution in [3.8, 4) is 0 Å². The lowest BCUT2D eigenvalue weighted by molar-refractivity contribution is -0.132. The maximum atomic E-state index is 12.9. The molecule has 0 saturated heterocycles. The Balaban J connectivity index is 2.34. The van der Waals surface area contributed by atoms with E-state index in [0.717, 1.165) is 12.8 Å². The van der Waals surface area contributed by atoms with Gasteiger partial charge in [0.2, 0.25) is 5.91 Å². The number of rotatable bonds is 6. The number of amides is 1. The summed E-state index contributed by atoms with van der Waals surface area (Å²) in [5.41, 5.74) is 1.97. The minimum Gasteiger partial charge on any atom is -0.464 e. The average molecular weight is 320 g/mol. The number of nitrogens with one attached hydrogen (secondary N) is 1. The maximum Gasteiger partial charge on any atom is 0.354 e. The van der Waals surface area contributed by atoms with Crippen molar-refractivity contribution in [1.29, 1.82) is 0 Å². The van der Waals surface area contributed by atoms with E-state index in [9.17, 15) is 14.4 Å². The average Bonchev–Trinajstić information content (AvgIpc) is 3.31. The topological polar surface area (TPSA) is 79.5 Å². The number of aryl methyl sites for hydroxylation is 1. The molecule has 1 atom stereocenters. The first-order chi connectivity index (χ1) is 10.8. The second kappa shape index (κ2) is 6.56. The van der Waals surface area contributed by atoms with E-state index in [1.54, 1.807) is 32.6 Å². The summed E-state index contributed by atoms with van der Waals surface area (Å²) < 4.78 is 4.73. The highest BCUT2D eigenvalue weighted by atomic mass is 16.5. The van der Waals surface area contributed by atoms with Crippen LogP contribution in [0.5, 0.6) is 0 Å². The number of hydrogen-bond acceptors (Lipinski definition) is 4. The molecule has 126 valence electrons. The number of ketones is 1. The summed E-state index contributed by atoms with van der Waals surface area (Å²) in [6.45, 7) is 7.04. The van der Waals surface area contributed by atoms with Crippen molar-refractivity contribution in [2.45, 2.75) is 59.0 Å². The molecule has 1 fully saturated rings. The lowest BCUT2D eigenvalue weighted by Gasteiger charge is -2.28. The van der Waals surface area contributed by atoms with E-state index in [4.69, 9.17) is 4.74 Å². The van der Waals surface area contributed by atoms with Gasteiger partial charge in [0.05, 0.1) is 13.2 Å². The zero-order valence-electron chi connectivity index (χ0n) is 14.4. The molecule has 0 aliphatic heterocycles. The Morgan fingerprint density at radius 3 is 2.39 bits per heavy atom. The van der Waals surface area contributed by atoms with Crippen LogP contribution >= 0.6 is 0 Å². The van der Waals surface area contributed by atoms with Gasteiger partial charge in [-0.25, -0.2) is 4.79 Å². The Morgan fingerprint density at radius 1 is 1.30 bits per heavy atom. The molecule has 2 rings (SSSR count). The van der Waals surface area contributed by atoms with E-state index in [0.29, 0.717) is 28.9 Å². The van der Waals surface area contributed by atoms with Gasteiger partial charge in [0.15, 0.2) is 5.78 Å². The summed E-state index contributed by atoms with van der Waals surface area (Å²) in [4.78, 5) is 41.5. The maximum absolute atomic E-state index is 12.9. The van der Waals surface area contributed by atoms with Crippen molar-refractivity contribution in [3.05, 3.63) is 22.5 Å². The van der Waals surface area contributed by atoms with Crippen molar-refractivity contribution in [1.82, 2.24) is 9.88 Å². The molecule has 1 aliphatic carbocycles. The van der Waals surface area contributed by atoms with Gasteiger partial charge in [0.1, 0.15) is 5.69 Å². The van der Waals surface area contributed by atoms with E-state index in [-0.39, 0.29) is 17.7 Å². The quantitative estimate of drug-likeness (QED) is 0.645. The summed E-state index contributed by atoms with van der Waals surface area (Å²) in [5.74, 6) is -0.645. The molecular weight excluding hydrogens is 296 g/mol. The number of hydrogen-bond donors (Lipinski definition) is 1. The third-order valence-electron chi connectivity index (χ3n) is 4.40. The molecule has 23 heavy (non-hydrogen) atoms. The van der Waals surface area contributed by atoms with Crippen LogP contribution in [0.1, 0.15) is 65.2 Å². The first-order valence-corrected chi connectivity index (χ1v) is 7.96. The Bertz CT molecular complexity index is 643. The molecule has 0 bridgehead atoms. The minimum atomic E-state index is -0.534. The highest BCUT2D eigenvalue weighted by molar-refractivity contribution is 6.06. The SMILES string of the molecule is CCC(=O)N(C1CC1)[C@H](C)C(=O)c1c(C)[nH]c(C(=O)OC)c1C. The van der Waals surface area contributed by atoms with Crippen LogP contribution in [-0.2, 0) is 9.53 Å². The first-order valence-electron chi connectivity index (χ1n) is 7.96. The number of methoxy groups -OCH3 is 1. The van der Waals surface area contributed by atoms with Crippen LogP contribution in [0.25, 0.3) is 0 Å². The van der Waals surface area contributed by atoms with Crippen LogP contribution in [0.15, 0.2) is 0 Å². The van der Waals surface area contributed by atoms with Gasteiger partial charge in [-0.1, -0.05) is 6.92 Å². The summed E-state index contributed by atoms with van der Waals surface area (Å²) in [6, 6.07) is -0.366. The molecule has 1 amide bonds. The van der Waals surface area contributed by atoms with Gasteiger partial charge in [-0.3, -0.25) is 9.59 Å². The fraction of sp³-hybridized carbons (Fsp3) is 0.588. The van der Waals surface area contributed by atoms with Crippen molar-refractivity contribution < 1.29 is 19.1 Å². The molecule has 0 spiro atoms. The third-order valence-corrected chi connectivity index (χ3v) is 4.40. The van der Waals surface area contributed by atoms with Crippen LogP contribution in [0.2, 0.25) is 0 Å². The number of aromatic amines is 1. The number of ether oxygens (including phenoxy) is 1. The van der Waals surface area contributed by atoms with Crippen LogP contribution in [0, 0.1) is 13.8 Å². The lowest BCUT2D eigenvalue weighted by atomic mass is 9.99. The molecule has 1 N–H and O–H groups in total. The zero-order valence-corrected chi connectivity index (χ0v) is 14.4. The molecular formula is C17H24N2O4. The predicted octanol–water partition coefficient (Wildman–Crippen LogP) is 2.39. The standard InChI is InChI=1S/C17H24N2O4/c1-6-13(20)19(12-7-8-12)11(4)16(21)14-9(2)15(17(22)23-5)18-10(14)3/h11-12,18H,6-8H2,1-5H3/t11-/m1/s1. The van der Waals surface area contributed by atoms with Crippen molar-refractivity contribution in [3.63, 3.8) is 0 Å². The minimum absolute atomic E-state index is 0.00705. The van der Waals surface area contributed by atoms with Gasteiger partial charge in [-0.15, -0.1) is 0 Å². The van der Waals surface area contributed by atoms with Crippen molar-refractivity contribution >= 4 is 17.7 Å². The van der Waals surface area contributed by atoms with Gasteiger partial charge < -0.3 is 14.6 Å². The third kappa shape index (κ3) is 3.16. The number of nitrogens with zero attached hydrogens (tertiary/aromatic N) is 1. The van der Waals surface area contributed by atoms with E-state index in [1.807, 2.05) is 0 Å². The second-order valence-corrected chi connectivity index (χ2v) is 6.04. The highest BCUT2D eigenvalue weighted by Crippen LogP contribution is 2.31. The molecule has 0 unspecified atom stereocenters. The van der Waals surface area contributed by atoms with E-state index >= 15 is 0 Å².